The lowest BCUT2D eigenvalue weighted by Gasteiger charge is -2.10. The fourth-order valence-corrected chi connectivity index (χ4v) is 2.71. The van der Waals surface area contributed by atoms with Gasteiger partial charge in [0.05, 0.1) is 24.3 Å². The quantitative estimate of drug-likeness (QED) is 0.547. The van der Waals surface area contributed by atoms with E-state index in [0.717, 1.165) is 34.6 Å². The first-order valence-electron chi connectivity index (χ1n) is 7.93. The Bertz CT molecular complexity index is 596. The molecule has 0 bridgehead atoms. The van der Waals surface area contributed by atoms with Crippen molar-refractivity contribution in [2.45, 2.75) is 26.7 Å². The molecule has 0 atom stereocenters. The summed E-state index contributed by atoms with van der Waals surface area (Å²) in [6.45, 7) is 6.09. The number of ether oxygens (including phenoxy) is 3. The molecule has 0 radical (unpaired) electrons. The first kappa shape index (κ1) is 17.7. The highest BCUT2D eigenvalue weighted by Gasteiger charge is 2.01. The number of unbranched alkanes of at least 4 members (excludes halogenated alkanes) is 1. The summed E-state index contributed by atoms with van der Waals surface area (Å²) >= 11 is 3.52. The fraction of sp³-hybridized carbons (Fsp3) is 0.368. The Hall–Kier alpha value is -1.68. The number of benzene rings is 2. The predicted octanol–water partition coefficient (Wildman–Crippen LogP) is 5.39. The van der Waals surface area contributed by atoms with Crippen molar-refractivity contribution in [2.75, 3.05) is 19.8 Å². The van der Waals surface area contributed by atoms with E-state index in [2.05, 4.69) is 35.0 Å². The van der Waals surface area contributed by atoms with E-state index in [4.69, 9.17) is 14.2 Å². The van der Waals surface area contributed by atoms with Gasteiger partial charge in [-0.25, -0.2) is 0 Å². The molecule has 2 aromatic rings. The Morgan fingerprint density at radius 3 is 2.04 bits per heavy atom. The average molecular weight is 379 g/mol. The van der Waals surface area contributed by atoms with Crippen molar-refractivity contribution in [1.82, 2.24) is 0 Å². The maximum atomic E-state index is 5.77. The van der Waals surface area contributed by atoms with Gasteiger partial charge in [-0.2, -0.15) is 0 Å². The van der Waals surface area contributed by atoms with Gasteiger partial charge >= 0.3 is 0 Å². The fourth-order valence-electron chi connectivity index (χ4n) is 2.10. The third kappa shape index (κ3) is 6.14. The Balaban J connectivity index is 1.62. The number of hydrogen-bond donors (Lipinski definition) is 0. The molecule has 0 aliphatic rings. The highest BCUT2D eigenvalue weighted by Crippen LogP contribution is 2.25. The maximum absolute atomic E-state index is 5.77. The summed E-state index contributed by atoms with van der Waals surface area (Å²) in [6, 6.07) is 13.8. The van der Waals surface area contributed by atoms with Gasteiger partial charge in [0, 0.05) is 0 Å². The lowest BCUT2D eigenvalue weighted by atomic mass is 10.2. The van der Waals surface area contributed by atoms with Crippen LogP contribution in [0.2, 0.25) is 0 Å². The van der Waals surface area contributed by atoms with E-state index in [1.54, 1.807) is 0 Å². The van der Waals surface area contributed by atoms with Crippen molar-refractivity contribution in [3.63, 3.8) is 0 Å². The van der Waals surface area contributed by atoms with Gasteiger partial charge in [0.2, 0.25) is 0 Å². The summed E-state index contributed by atoms with van der Waals surface area (Å²) in [6.07, 6.45) is 1.91. The number of hydrogen-bond acceptors (Lipinski definition) is 3. The zero-order valence-electron chi connectivity index (χ0n) is 13.7. The maximum Gasteiger partial charge on any atom is 0.133 e. The lowest BCUT2D eigenvalue weighted by Crippen LogP contribution is -2.03. The molecule has 2 rings (SSSR count). The molecule has 0 spiro atoms. The van der Waals surface area contributed by atoms with Gasteiger partial charge < -0.3 is 14.2 Å². The first-order valence-corrected chi connectivity index (χ1v) is 8.73. The second kappa shape index (κ2) is 9.46. The van der Waals surface area contributed by atoms with Crippen LogP contribution >= 0.6 is 15.9 Å². The summed E-state index contributed by atoms with van der Waals surface area (Å²) in [4.78, 5) is 0. The molecule has 124 valence electrons. The summed E-state index contributed by atoms with van der Waals surface area (Å²) in [5, 5.41) is 0. The zero-order chi connectivity index (χ0) is 16.5. The zero-order valence-corrected chi connectivity index (χ0v) is 15.3. The van der Waals surface area contributed by atoms with Gasteiger partial charge in [0.1, 0.15) is 17.2 Å². The van der Waals surface area contributed by atoms with Crippen LogP contribution in [0.15, 0.2) is 46.9 Å². The summed E-state index contributed by atoms with van der Waals surface area (Å²) in [7, 11) is 0. The largest absolute Gasteiger partial charge is 0.494 e. The summed E-state index contributed by atoms with van der Waals surface area (Å²) in [5.74, 6) is 2.63. The topological polar surface area (TPSA) is 27.7 Å². The van der Waals surface area contributed by atoms with Crippen LogP contribution in [0.1, 0.15) is 25.3 Å². The summed E-state index contributed by atoms with van der Waals surface area (Å²) < 4.78 is 17.9. The molecule has 0 aliphatic heterocycles. The van der Waals surface area contributed by atoms with E-state index in [0.29, 0.717) is 19.8 Å². The Labute approximate surface area is 146 Å². The van der Waals surface area contributed by atoms with Crippen LogP contribution in [0.25, 0.3) is 0 Å². The van der Waals surface area contributed by atoms with Gasteiger partial charge in [-0.05, 0) is 84.6 Å². The molecule has 0 aromatic heterocycles. The van der Waals surface area contributed by atoms with E-state index < -0.39 is 0 Å². The van der Waals surface area contributed by atoms with Gasteiger partial charge in [-0.3, -0.25) is 0 Å². The smallest absolute Gasteiger partial charge is 0.133 e. The molecule has 0 N–H and O–H groups in total. The minimum atomic E-state index is 0.678. The number of halogens is 1. The normalized spacial score (nSPS) is 10.4. The van der Waals surface area contributed by atoms with E-state index in [1.807, 2.05) is 37.3 Å². The van der Waals surface area contributed by atoms with Crippen molar-refractivity contribution in [3.8, 4) is 17.2 Å². The molecule has 2 aromatic carbocycles. The lowest BCUT2D eigenvalue weighted by molar-refractivity contribution is 0.265. The minimum absolute atomic E-state index is 0.678. The summed E-state index contributed by atoms with van der Waals surface area (Å²) in [5.41, 5.74) is 1.22. The Kier molecular flexibility index (Phi) is 7.27. The molecule has 4 heteroatoms. The molecule has 0 amide bonds. The highest BCUT2D eigenvalue weighted by atomic mass is 79.9. The van der Waals surface area contributed by atoms with Crippen molar-refractivity contribution in [2.24, 2.45) is 0 Å². The monoisotopic (exact) mass is 378 g/mol. The second-order valence-electron chi connectivity index (χ2n) is 5.24. The van der Waals surface area contributed by atoms with E-state index in [-0.39, 0.29) is 0 Å². The van der Waals surface area contributed by atoms with Crippen molar-refractivity contribution in [1.29, 1.82) is 0 Å². The molecule has 0 saturated carbocycles. The molecule has 3 nitrogen and oxygen atoms in total. The molecule has 23 heavy (non-hydrogen) atoms. The van der Waals surface area contributed by atoms with Crippen molar-refractivity contribution < 1.29 is 14.2 Å². The number of rotatable bonds is 9. The first-order chi connectivity index (χ1) is 11.2. The van der Waals surface area contributed by atoms with Crippen molar-refractivity contribution in [3.05, 3.63) is 52.5 Å². The van der Waals surface area contributed by atoms with Crippen LogP contribution < -0.4 is 14.2 Å². The molecular weight excluding hydrogens is 356 g/mol. The Morgan fingerprint density at radius 1 is 0.826 bits per heavy atom. The number of aryl methyl sites for hydroxylation is 1. The third-order valence-electron chi connectivity index (χ3n) is 3.29. The predicted molar refractivity (Wildman–Crippen MR) is 96.7 cm³/mol. The Morgan fingerprint density at radius 2 is 1.43 bits per heavy atom. The molecule has 0 saturated heterocycles. The molecular formula is C19H23BrO3. The van der Waals surface area contributed by atoms with Gasteiger partial charge in [0.25, 0.3) is 0 Å². The van der Waals surface area contributed by atoms with Gasteiger partial charge in [-0.15, -0.1) is 0 Å². The van der Waals surface area contributed by atoms with Crippen LogP contribution in [-0.4, -0.2) is 19.8 Å². The van der Waals surface area contributed by atoms with E-state index in [9.17, 15) is 0 Å². The van der Waals surface area contributed by atoms with Crippen LogP contribution in [0.5, 0.6) is 17.2 Å². The van der Waals surface area contributed by atoms with Crippen LogP contribution in [0.4, 0.5) is 0 Å². The third-order valence-corrected chi connectivity index (χ3v) is 3.91. The van der Waals surface area contributed by atoms with E-state index >= 15 is 0 Å². The van der Waals surface area contributed by atoms with E-state index in [1.165, 1.54) is 5.56 Å². The SMILES string of the molecule is CCOc1ccc(OCCCCOc2ccc(C)cc2Br)cc1. The van der Waals surface area contributed by atoms with Gasteiger partial charge in [0.15, 0.2) is 0 Å². The molecule has 0 fully saturated rings. The average Bonchev–Trinajstić information content (AvgIpc) is 2.54. The molecule has 0 unspecified atom stereocenters. The molecule has 0 aliphatic carbocycles. The van der Waals surface area contributed by atoms with Gasteiger partial charge in [-0.1, -0.05) is 6.07 Å². The minimum Gasteiger partial charge on any atom is -0.494 e. The second-order valence-corrected chi connectivity index (χ2v) is 6.10. The van der Waals surface area contributed by atoms with Crippen molar-refractivity contribution >= 4 is 15.9 Å². The van der Waals surface area contributed by atoms with Crippen LogP contribution in [-0.2, 0) is 0 Å². The highest BCUT2D eigenvalue weighted by molar-refractivity contribution is 9.10. The molecule has 0 heterocycles. The van der Waals surface area contributed by atoms with Crippen LogP contribution in [0, 0.1) is 6.92 Å². The standard InChI is InChI=1S/C19H23BrO3/c1-3-21-16-7-9-17(10-8-16)22-12-4-5-13-23-19-11-6-15(2)14-18(19)20/h6-11,14H,3-5,12-13H2,1-2H3. The van der Waals surface area contributed by atoms with Crippen LogP contribution in [0.3, 0.4) is 0 Å².